The van der Waals surface area contributed by atoms with Crippen molar-refractivity contribution in [2.75, 3.05) is 5.32 Å². The molecule has 0 radical (unpaired) electrons. The van der Waals surface area contributed by atoms with E-state index in [2.05, 4.69) is 56.7 Å². The third-order valence-corrected chi connectivity index (χ3v) is 2.83. The molecule has 0 saturated carbocycles. The van der Waals surface area contributed by atoms with Gasteiger partial charge in [-0.1, -0.05) is 0 Å². The summed E-state index contributed by atoms with van der Waals surface area (Å²) < 4.78 is 2.05. The summed E-state index contributed by atoms with van der Waals surface area (Å²) in [5.74, 6) is 0. The average molecular weight is 226 g/mol. The lowest BCUT2D eigenvalue weighted by atomic mass is 10.2. The van der Waals surface area contributed by atoms with Crippen LogP contribution in [0.4, 0.5) is 5.69 Å². The molecule has 4 nitrogen and oxygen atoms in total. The second kappa shape index (κ2) is 3.97. The average Bonchev–Trinajstić information content (AvgIpc) is 2.94. The topological polar surface area (TPSA) is 45.6 Å². The molecule has 0 bridgehead atoms. The number of hydrogen-bond acceptors (Lipinski definition) is 2. The summed E-state index contributed by atoms with van der Waals surface area (Å²) in [6, 6.07) is 8.32. The zero-order chi connectivity index (χ0) is 11.7. The first kappa shape index (κ1) is 9.96. The predicted molar refractivity (Wildman–Crippen MR) is 68.8 cm³/mol. The van der Waals surface area contributed by atoms with E-state index in [0.717, 1.165) is 23.1 Å². The van der Waals surface area contributed by atoms with Crippen LogP contribution in [0, 0.1) is 0 Å². The van der Waals surface area contributed by atoms with Crippen molar-refractivity contribution >= 4 is 16.6 Å². The van der Waals surface area contributed by atoms with Crippen molar-refractivity contribution in [3.8, 4) is 0 Å². The second-order valence-corrected chi connectivity index (χ2v) is 4.21. The largest absolute Gasteiger partial charge is 0.381 e. The van der Waals surface area contributed by atoms with E-state index in [1.807, 2.05) is 13.2 Å². The van der Waals surface area contributed by atoms with Gasteiger partial charge < -0.3 is 9.88 Å². The van der Waals surface area contributed by atoms with Crippen LogP contribution in [0.15, 0.2) is 42.9 Å². The predicted octanol–water partition coefficient (Wildman–Crippen LogP) is 2.51. The minimum absolute atomic E-state index is 0.834. The lowest BCUT2D eigenvalue weighted by Gasteiger charge is -2.04. The number of aromatic nitrogens is 3. The molecule has 1 aromatic carbocycles. The van der Waals surface area contributed by atoms with Gasteiger partial charge in [-0.15, -0.1) is 0 Å². The number of H-pyrrole nitrogens is 1. The van der Waals surface area contributed by atoms with Gasteiger partial charge in [0.25, 0.3) is 0 Å². The number of aryl methyl sites for hydroxylation is 1. The van der Waals surface area contributed by atoms with Crippen LogP contribution in [0.1, 0.15) is 5.56 Å². The Bertz CT molecular complexity index is 635. The summed E-state index contributed by atoms with van der Waals surface area (Å²) in [5, 5.41) is 11.5. The molecule has 86 valence electrons. The van der Waals surface area contributed by atoms with E-state index in [1.165, 1.54) is 5.56 Å². The number of nitrogens with one attached hydrogen (secondary N) is 2. The fourth-order valence-corrected chi connectivity index (χ4v) is 1.92. The van der Waals surface area contributed by atoms with Crippen molar-refractivity contribution in [1.82, 2.24) is 14.8 Å². The Balaban J connectivity index is 1.76. The number of aromatic amines is 1. The number of hydrogen-bond donors (Lipinski definition) is 2. The quantitative estimate of drug-likeness (QED) is 0.720. The Morgan fingerprint density at radius 2 is 2.29 bits per heavy atom. The molecular formula is C13H14N4. The molecule has 2 N–H and O–H groups in total. The zero-order valence-electron chi connectivity index (χ0n) is 9.64. The highest BCUT2D eigenvalue weighted by Crippen LogP contribution is 2.17. The van der Waals surface area contributed by atoms with Gasteiger partial charge in [0.1, 0.15) is 0 Å². The lowest BCUT2D eigenvalue weighted by molar-refractivity contribution is 0.920. The lowest BCUT2D eigenvalue weighted by Crippen LogP contribution is -1.98. The van der Waals surface area contributed by atoms with Crippen LogP contribution in [-0.4, -0.2) is 14.8 Å². The molecule has 17 heavy (non-hydrogen) atoms. The van der Waals surface area contributed by atoms with E-state index < -0.39 is 0 Å². The molecule has 0 aliphatic carbocycles. The van der Waals surface area contributed by atoms with Crippen LogP contribution < -0.4 is 5.32 Å². The standard InChI is InChI=1S/C13H14N4/c1-17-5-4-10(9-17)7-14-12-3-2-11-8-15-16-13(11)6-12/h2-6,8-9,14H,7H2,1H3,(H,15,16). The minimum Gasteiger partial charge on any atom is -0.381 e. The Labute approximate surface area is 99.3 Å². The number of benzene rings is 1. The number of anilines is 1. The van der Waals surface area contributed by atoms with Gasteiger partial charge in [-0.25, -0.2) is 0 Å². The summed E-state index contributed by atoms with van der Waals surface area (Å²) in [4.78, 5) is 0. The van der Waals surface area contributed by atoms with E-state index >= 15 is 0 Å². The van der Waals surface area contributed by atoms with Crippen molar-refractivity contribution in [2.45, 2.75) is 6.54 Å². The molecule has 0 atom stereocenters. The van der Waals surface area contributed by atoms with E-state index in [-0.39, 0.29) is 0 Å². The van der Waals surface area contributed by atoms with Gasteiger partial charge in [0.15, 0.2) is 0 Å². The fourth-order valence-electron chi connectivity index (χ4n) is 1.92. The minimum atomic E-state index is 0.834. The van der Waals surface area contributed by atoms with Gasteiger partial charge in [0.2, 0.25) is 0 Å². The highest BCUT2D eigenvalue weighted by atomic mass is 15.1. The molecule has 4 heteroatoms. The SMILES string of the molecule is Cn1ccc(CNc2ccc3cn[nH]c3c2)c1. The molecule has 0 spiro atoms. The first-order valence-electron chi connectivity index (χ1n) is 5.59. The van der Waals surface area contributed by atoms with Crippen molar-refractivity contribution in [3.05, 3.63) is 48.4 Å². The Hall–Kier alpha value is -2.23. The first-order valence-corrected chi connectivity index (χ1v) is 5.59. The fraction of sp³-hybridized carbons (Fsp3) is 0.154. The monoisotopic (exact) mass is 226 g/mol. The molecule has 2 heterocycles. The molecule has 0 fully saturated rings. The Kier molecular flexibility index (Phi) is 2.33. The Morgan fingerprint density at radius 1 is 1.35 bits per heavy atom. The van der Waals surface area contributed by atoms with Crippen LogP contribution in [0.5, 0.6) is 0 Å². The van der Waals surface area contributed by atoms with Crippen molar-refractivity contribution < 1.29 is 0 Å². The first-order chi connectivity index (χ1) is 8.31. The van der Waals surface area contributed by atoms with Gasteiger partial charge in [0.05, 0.1) is 11.7 Å². The summed E-state index contributed by atoms with van der Waals surface area (Å²) in [5.41, 5.74) is 3.44. The third-order valence-electron chi connectivity index (χ3n) is 2.83. The molecule has 0 amide bonds. The molecule has 2 aromatic heterocycles. The van der Waals surface area contributed by atoms with Gasteiger partial charge in [-0.2, -0.15) is 5.10 Å². The summed E-state index contributed by atoms with van der Waals surface area (Å²) in [6.07, 6.45) is 5.99. The molecular weight excluding hydrogens is 212 g/mol. The highest BCUT2D eigenvalue weighted by molar-refractivity contribution is 5.81. The van der Waals surface area contributed by atoms with Gasteiger partial charge >= 0.3 is 0 Å². The molecule has 3 aromatic rings. The van der Waals surface area contributed by atoms with E-state index in [1.54, 1.807) is 0 Å². The van der Waals surface area contributed by atoms with E-state index in [4.69, 9.17) is 0 Å². The third kappa shape index (κ3) is 2.01. The van der Waals surface area contributed by atoms with E-state index in [0.29, 0.717) is 0 Å². The highest BCUT2D eigenvalue weighted by Gasteiger charge is 1.98. The van der Waals surface area contributed by atoms with Crippen molar-refractivity contribution in [1.29, 1.82) is 0 Å². The Morgan fingerprint density at radius 3 is 3.12 bits per heavy atom. The number of nitrogens with zero attached hydrogens (tertiary/aromatic N) is 2. The summed E-state index contributed by atoms with van der Waals surface area (Å²) >= 11 is 0. The molecule has 0 saturated heterocycles. The second-order valence-electron chi connectivity index (χ2n) is 4.21. The maximum absolute atomic E-state index is 4.01. The van der Waals surface area contributed by atoms with Gasteiger partial charge in [-0.3, -0.25) is 5.10 Å². The summed E-state index contributed by atoms with van der Waals surface area (Å²) in [7, 11) is 2.03. The normalized spacial score (nSPS) is 10.9. The van der Waals surface area contributed by atoms with Crippen LogP contribution in [-0.2, 0) is 13.6 Å². The number of rotatable bonds is 3. The van der Waals surface area contributed by atoms with Gasteiger partial charge in [0, 0.05) is 37.1 Å². The molecule has 0 aliphatic heterocycles. The maximum atomic E-state index is 4.01. The van der Waals surface area contributed by atoms with Gasteiger partial charge in [-0.05, 0) is 29.8 Å². The number of fused-ring (bicyclic) bond motifs is 1. The van der Waals surface area contributed by atoms with Crippen LogP contribution >= 0.6 is 0 Å². The molecule has 3 rings (SSSR count). The van der Waals surface area contributed by atoms with Crippen molar-refractivity contribution in [3.63, 3.8) is 0 Å². The molecule has 0 unspecified atom stereocenters. The zero-order valence-corrected chi connectivity index (χ0v) is 9.64. The van der Waals surface area contributed by atoms with Crippen LogP contribution in [0.3, 0.4) is 0 Å². The summed E-state index contributed by atoms with van der Waals surface area (Å²) in [6.45, 7) is 0.834. The van der Waals surface area contributed by atoms with Crippen molar-refractivity contribution in [2.24, 2.45) is 7.05 Å². The van der Waals surface area contributed by atoms with Crippen LogP contribution in [0.2, 0.25) is 0 Å². The smallest absolute Gasteiger partial charge is 0.0670 e. The van der Waals surface area contributed by atoms with Crippen LogP contribution in [0.25, 0.3) is 10.9 Å². The molecule has 0 aliphatic rings. The van der Waals surface area contributed by atoms with E-state index in [9.17, 15) is 0 Å². The maximum Gasteiger partial charge on any atom is 0.0670 e.